The second-order valence-electron chi connectivity index (χ2n) is 4.30. The van der Waals surface area contributed by atoms with Crippen molar-refractivity contribution in [2.24, 2.45) is 7.05 Å². The van der Waals surface area contributed by atoms with Crippen LogP contribution in [0, 0.1) is 11.6 Å². The molecule has 1 aromatic heterocycles. The van der Waals surface area contributed by atoms with Crippen molar-refractivity contribution in [2.75, 3.05) is 0 Å². The molecule has 1 aromatic carbocycles. The highest BCUT2D eigenvalue weighted by molar-refractivity contribution is 6.30. The summed E-state index contributed by atoms with van der Waals surface area (Å²) < 4.78 is 28.7. The maximum absolute atomic E-state index is 13.6. The van der Waals surface area contributed by atoms with Gasteiger partial charge in [-0.3, -0.25) is 0 Å². The number of halogens is 3. The summed E-state index contributed by atoms with van der Waals surface area (Å²) in [5, 5.41) is 9.63. The monoisotopic (exact) mass is 286 g/mol. The SMILES string of the molecule is Cn1ccnc1CCC(O)c1cc(F)c(Cl)cc1F. The summed E-state index contributed by atoms with van der Waals surface area (Å²) in [6.07, 6.45) is 3.05. The van der Waals surface area contributed by atoms with Gasteiger partial charge in [-0.2, -0.15) is 0 Å². The lowest BCUT2D eigenvalue weighted by Gasteiger charge is -2.12. The van der Waals surface area contributed by atoms with E-state index in [2.05, 4.69) is 4.98 Å². The Bertz CT molecular complexity index is 586. The van der Waals surface area contributed by atoms with Crippen LogP contribution in [0.1, 0.15) is 23.9 Å². The maximum atomic E-state index is 13.6. The molecule has 19 heavy (non-hydrogen) atoms. The topological polar surface area (TPSA) is 38.0 Å². The van der Waals surface area contributed by atoms with Gasteiger partial charge in [0.25, 0.3) is 0 Å². The molecule has 0 amide bonds. The fourth-order valence-corrected chi connectivity index (χ4v) is 2.00. The first-order chi connectivity index (χ1) is 8.99. The van der Waals surface area contributed by atoms with Crippen molar-refractivity contribution in [1.82, 2.24) is 9.55 Å². The molecule has 1 heterocycles. The van der Waals surface area contributed by atoms with Crippen LogP contribution in [0.4, 0.5) is 8.78 Å². The predicted molar refractivity (Wildman–Crippen MR) is 67.9 cm³/mol. The molecule has 102 valence electrons. The summed E-state index contributed by atoms with van der Waals surface area (Å²) in [5.41, 5.74) is -0.0869. The van der Waals surface area contributed by atoms with E-state index in [1.807, 2.05) is 11.6 Å². The minimum absolute atomic E-state index is 0.0869. The van der Waals surface area contributed by atoms with E-state index < -0.39 is 17.7 Å². The van der Waals surface area contributed by atoms with Crippen LogP contribution in [0.25, 0.3) is 0 Å². The van der Waals surface area contributed by atoms with Gasteiger partial charge in [-0.1, -0.05) is 11.6 Å². The first kappa shape index (κ1) is 14.0. The van der Waals surface area contributed by atoms with Crippen molar-refractivity contribution in [2.45, 2.75) is 18.9 Å². The fraction of sp³-hybridized carbons (Fsp3) is 0.308. The largest absolute Gasteiger partial charge is 0.388 e. The summed E-state index contributed by atoms with van der Waals surface area (Å²) in [5.74, 6) is -0.679. The first-order valence-corrected chi connectivity index (χ1v) is 6.15. The van der Waals surface area contributed by atoms with Gasteiger partial charge in [-0.15, -0.1) is 0 Å². The Balaban J connectivity index is 2.10. The lowest BCUT2D eigenvalue weighted by Crippen LogP contribution is -2.06. The molecule has 2 aromatic rings. The number of hydrogen-bond acceptors (Lipinski definition) is 2. The zero-order chi connectivity index (χ0) is 14.0. The van der Waals surface area contributed by atoms with Crippen LogP contribution < -0.4 is 0 Å². The average Bonchev–Trinajstić information content (AvgIpc) is 2.76. The molecule has 0 saturated carbocycles. The number of aromatic nitrogens is 2. The summed E-state index contributed by atoms with van der Waals surface area (Å²) in [4.78, 5) is 4.10. The molecule has 1 atom stereocenters. The first-order valence-electron chi connectivity index (χ1n) is 5.77. The van der Waals surface area contributed by atoms with Crippen molar-refractivity contribution in [3.8, 4) is 0 Å². The third-order valence-electron chi connectivity index (χ3n) is 2.96. The minimum atomic E-state index is -1.09. The molecular weight excluding hydrogens is 274 g/mol. The van der Waals surface area contributed by atoms with E-state index in [9.17, 15) is 13.9 Å². The highest BCUT2D eigenvalue weighted by atomic mass is 35.5. The molecule has 1 N–H and O–H groups in total. The number of aliphatic hydroxyl groups is 1. The second-order valence-corrected chi connectivity index (χ2v) is 4.70. The number of imidazole rings is 1. The van der Waals surface area contributed by atoms with E-state index in [0.29, 0.717) is 6.42 Å². The smallest absolute Gasteiger partial charge is 0.142 e. The van der Waals surface area contributed by atoms with Crippen molar-refractivity contribution in [3.63, 3.8) is 0 Å². The Morgan fingerprint density at radius 1 is 1.37 bits per heavy atom. The van der Waals surface area contributed by atoms with Gasteiger partial charge in [-0.25, -0.2) is 13.8 Å². The fourth-order valence-electron chi connectivity index (χ4n) is 1.85. The molecule has 6 heteroatoms. The Hall–Kier alpha value is -1.46. The number of aliphatic hydroxyl groups excluding tert-OH is 1. The zero-order valence-electron chi connectivity index (χ0n) is 10.3. The van der Waals surface area contributed by atoms with Gasteiger partial charge < -0.3 is 9.67 Å². The highest BCUT2D eigenvalue weighted by Crippen LogP contribution is 2.26. The number of aryl methyl sites for hydroxylation is 2. The van der Waals surface area contributed by atoms with Crippen molar-refractivity contribution in [1.29, 1.82) is 0 Å². The lowest BCUT2D eigenvalue weighted by atomic mass is 10.0. The van der Waals surface area contributed by atoms with Gasteiger partial charge in [0.05, 0.1) is 11.1 Å². The summed E-state index contributed by atoms with van der Waals surface area (Å²) in [6, 6.07) is 1.80. The van der Waals surface area contributed by atoms with Crippen molar-refractivity contribution in [3.05, 3.63) is 52.6 Å². The summed E-state index contributed by atoms with van der Waals surface area (Å²) in [6.45, 7) is 0. The van der Waals surface area contributed by atoms with Gasteiger partial charge >= 0.3 is 0 Å². The average molecular weight is 287 g/mol. The van der Waals surface area contributed by atoms with Crippen molar-refractivity contribution >= 4 is 11.6 Å². The Labute approximate surface area is 114 Å². The molecular formula is C13H13ClF2N2O. The molecule has 0 fully saturated rings. The molecule has 0 spiro atoms. The third-order valence-corrected chi connectivity index (χ3v) is 3.25. The van der Waals surface area contributed by atoms with Crippen LogP contribution in [0.15, 0.2) is 24.5 Å². The van der Waals surface area contributed by atoms with Crippen molar-refractivity contribution < 1.29 is 13.9 Å². The van der Waals surface area contributed by atoms with Gasteiger partial charge in [0.15, 0.2) is 0 Å². The maximum Gasteiger partial charge on any atom is 0.142 e. The Morgan fingerprint density at radius 3 is 2.74 bits per heavy atom. The summed E-state index contributed by atoms with van der Waals surface area (Å²) in [7, 11) is 1.83. The molecule has 0 aliphatic rings. The van der Waals surface area contributed by atoms with E-state index in [-0.39, 0.29) is 17.0 Å². The normalized spacial score (nSPS) is 12.7. The molecule has 2 rings (SSSR count). The van der Waals surface area contributed by atoms with E-state index in [0.717, 1.165) is 18.0 Å². The minimum Gasteiger partial charge on any atom is -0.388 e. The van der Waals surface area contributed by atoms with E-state index in [1.54, 1.807) is 12.4 Å². The second kappa shape index (κ2) is 5.67. The molecule has 3 nitrogen and oxygen atoms in total. The van der Waals surface area contributed by atoms with Gasteiger partial charge in [-0.05, 0) is 18.6 Å². The third kappa shape index (κ3) is 3.11. The number of hydrogen-bond donors (Lipinski definition) is 1. The Morgan fingerprint density at radius 2 is 2.11 bits per heavy atom. The predicted octanol–water partition coefficient (Wildman–Crippen LogP) is 3.02. The molecule has 1 unspecified atom stereocenters. The molecule has 0 radical (unpaired) electrons. The standard InChI is InChI=1S/C13H13ClF2N2O/c1-18-5-4-17-13(18)3-2-12(19)8-6-11(16)9(14)7-10(8)15/h4-7,12,19H,2-3H2,1H3. The highest BCUT2D eigenvalue weighted by Gasteiger charge is 2.16. The quantitative estimate of drug-likeness (QED) is 0.878. The molecule has 0 saturated heterocycles. The van der Waals surface area contributed by atoms with Crippen LogP contribution in [-0.4, -0.2) is 14.7 Å². The number of rotatable bonds is 4. The number of benzene rings is 1. The van der Waals surface area contributed by atoms with Crippen LogP contribution in [0.3, 0.4) is 0 Å². The molecule has 0 aliphatic carbocycles. The van der Waals surface area contributed by atoms with Crippen LogP contribution >= 0.6 is 11.6 Å². The van der Waals surface area contributed by atoms with E-state index in [1.165, 1.54) is 0 Å². The van der Waals surface area contributed by atoms with Crippen LogP contribution in [-0.2, 0) is 13.5 Å². The summed E-state index contributed by atoms with van der Waals surface area (Å²) >= 11 is 5.46. The van der Waals surface area contributed by atoms with Crippen LogP contribution in [0.5, 0.6) is 0 Å². The Kier molecular flexibility index (Phi) is 4.17. The van der Waals surface area contributed by atoms with Gasteiger partial charge in [0.1, 0.15) is 17.5 Å². The molecule has 0 bridgehead atoms. The van der Waals surface area contributed by atoms with E-state index >= 15 is 0 Å². The van der Waals surface area contributed by atoms with Crippen LogP contribution in [0.2, 0.25) is 5.02 Å². The van der Waals surface area contributed by atoms with Gasteiger partial charge in [0, 0.05) is 31.4 Å². The zero-order valence-corrected chi connectivity index (χ0v) is 11.0. The van der Waals surface area contributed by atoms with E-state index in [4.69, 9.17) is 11.6 Å². The van der Waals surface area contributed by atoms with Gasteiger partial charge in [0.2, 0.25) is 0 Å². The number of nitrogens with zero attached hydrogens (tertiary/aromatic N) is 2. The molecule has 0 aliphatic heterocycles. The lowest BCUT2D eigenvalue weighted by molar-refractivity contribution is 0.161.